The fraction of sp³-hybridized carbons (Fsp3) is 0. The molecule has 0 aliphatic carbocycles. The fourth-order valence-electron chi connectivity index (χ4n) is 7.15. The minimum absolute atomic E-state index is 0.205. The van der Waals surface area contributed by atoms with Gasteiger partial charge in [0.1, 0.15) is 0 Å². The van der Waals surface area contributed by atoms with Crippen molar-refractivity contribution in [3.05, 3.63) is 121 Å². The zero-order valence-corrected chi connectivity index (χ0v) is 23.1. The van der Waals surface area contributed by atoms with E-state index >= 15 is 0 Å². The Balaban J connectivity index is 1.52. The quantitative estimate of drug-likeness (QED) is 0.142. The van der Waals surface area contributed by atoms with Crippen molar-refractivity contribution in [3.63, 3.8) is 0 Å². The Labute approximate surface area is 234 Å². The summed E-state index contributed by atoms with van der Waals surface area (Å²) in [6.07, 6.45) is 1.95. The number of nitrogens with zero attached hydrogens (tertiary/aromatic N) is 2. The van der Waals surface area contributed by atoms with Crippen molar-refractivity contribution in [1.82, 2.24) is 9.55 Å². The van der Waals surface area contributed by atoms with Crippen LogP contribution in [0.2, 0.25) is 0 Å². The van der Waals surface area contributed by atoms with Gasteiger partial charge in [0.15, 0.2) is 0 Å². The Morgan fingerprint density at radius 1 is 0.500 bits per heavy atom. The van der Waals surface area contributed by atoms with E-state index in [1.165, 1.54) is 84.5 Å². The van der Waals surface area contributed by atoms with E-state index in [9.17, 15) is 0 Å². The van der Waals surface area contributed by atoms with Crippen molar-refractivity contribution in [1.29, 1.82) is 0 Å². The second kappa shape index (κ2) is 7.49. The average Bonchev–Trinajstić information content (AvgIpc) is 3.57. The second-order valence-electron chi connectivity index (χ2n) is 10.7. The Bertz CT molecular complexity index is 2640. The van der Waals surface area contributed by atoms with Gasteiger partial charge in [-0.25, -0.2) is 0 Å². The van der Waals surface area contributed by atoms with Crippen LogP contribution in [0.5, 0.6) is 0 Å². The molecular weight excluding hydrogens is 551 g/mol. The Kier molecular flexibility index (Phi) is 3.96. The van der Waals surface area contributed by atoms with Crippen molar-refractivity contribution in [2.45, 2.75) is 0 Å². The molecule has 0 radical (unpaired) electrons. The van der Waals surface area contributed by atoms with Gasteiger partial charge in [0.2, 0.25) is 0 Å². The van der Waals surface area contributed by atoms with Crippen LogP contribution in [0.1, 0.15) is 0 Å². The van der Waals surface area contributed by atoms with Gasteiger partial charge in [-0.05, 0) is 0 Å². The number of fused-ring (bicyclic) bond motifs is 10. The summed E-state index contributed by atoms with van der Waals surface area (Å²) in [5, 5.41) is 14.4. The van der Waals surface area contributed by atoms with Gasteiger partial charge >= 0.3 is 236 Å². The normalized spacial score (nSPS) is 12.5. The van der Waals surface area contributed by atoms with E-state index in [0.717, 1.165) is 5.52 Å². The monoisotopic (exact) mass is 572 g/mol. The molecule has 0 unspecified atom stereocenters. The minimum atomic E-state index is 0.205. The molecule has 40 heavy (non-hydrogen) atoms. The molecule has 184 valence electrons. The first-order valence-corrected chi connectivity index (χ1v) is 15.4. The van der Waals surface area contributed by atoms with Gasteiger partial charge in [-0.15, -0.1) is 0 Å². The van der Waals surface area contributed by atoms with E-state index in [4.69, 9.17) is 4.98 Å². The molecule has 3 heteroatoms. The van der Waals surface area contributed by atoms with Crippen LogP contribution in [0.15, 0.2) is 121 Å². The van der Waals surface area contributed by atoms with Gasteiger partial charge in [0.05, 0.1) is 0 Å². The number of benzene rings is 7. The summed E-state index contributed by atoms with van der Waals surface area (Å²) in [5.41, 5.74) is 4.93. The maximum absolute atomic E-state index is 4.99. The zero-order chi connectivity index (χ0) is 25.9. The maximum atomic E-state index is 4.99. The molecule has 7 aromatic carbocycles. The number of para-hydroxylation sites is 1. The SMILES string of the molecule is c1cc2ccc3ccc(-n4c5ccccc5c5c6cccnc6c6[se]c7ccccc7c6c54)c4ccc(c1)c2c34. The fourth-order valence-corrected chi connectivity index (χ4v) is 9.70. The number of hydrogen-bond acceptors (Lipinski definition) is 1. The standard InChI is InChI=1S/C37H20N2Se/c1-3-12-28-24(9-1)33-27-11-6-20-38-35(27)37-34(26-10-2-4-13-30(26)40-37)36(33)39(28)29-19-17-23-15-14-21-7-5-8-22-16-18-25(29)32(23)31(21)22/h1-20H. The molecule has 0 saturated heterocycles. The number of pyridine rings is 1. The van der Waals surface area contributed by atoms with Crippen LogP contribution in [0.25, 0.3) is 90.0 Å². The van der Waals surface area contributed by atoms with Crippen LogP contribution in [0.3, 0.4) is 0 Å². The molecule has 0 amide bonds. The molecule has 3 aromatic heterocycles. The molecule has 0 aliphatic rings. The van der Waals surface area contributed by atoms with Gasteiger partial charge in [0.25, 0.3) is 0 Å². The first-order valence-electron chi connectivity index (χ1n) is 13.6. The molecule has 0 saturated carbocycles. The molecule has 0 aliphatic heterocycles. The van der Waals surface area contributed by atoms with E-state index in [1.807, 2.05) is 6.20 Å². The molecule has 3 heterocycles. The molecule has 0 bridgehead atoms. The summed E-state index contributed by atoms with van der Waals surface area (Å²) >= 11 is 0.205. The molecular formula is C37H20N2Se. The Hall–Kier alpha value is -4.69. The molecule has 0 N–H and O–H groups in total. The van der Waals surface area contributed by atoms with E-state index in [0.29, 0.717) is 0 Å². The van der Waals surface area contributed by atoms with Crippen molar-refractivity contribution < 1.29 is 0 Å². The zero-order valence-electron chi connectivity index (χ0n) is 21.3. The molecule has 0 fully saturated rings. The van der Waals surface area contributed by atoms with Gasteiger partial charge in [-0.2, -0.15) is 0 Å². The molecule has 2 nitrogen and oxygen atoms in total. The summed E-state index contributed by atoms with van der Waals surface area (Å²) < 4.78 is 5.40. The second-order valence-corrected chi connectivity index (χ2v) is 12.9. The summed E-state index contributed by atoms with van der Waals surface area (Å²) in [6, 6.07) is 42.7. The molecule has 10 aromatic rings. The van der Waals surface area contributed by atoms with Crippen LogP contribution >= 0.6 is 0 Å². The third kappa shape index (κ3) is 2.53. The predicted molar refractivity (Wildman–Crippen MR) is 172 cm³/mol. The van der Waals surface area contributed by atoms with Crippen molar-refractivity contribution in [3.8, 4) is 5.69 Å². The number of hydrogen-bond donors (Lipinski definition) is 0. The average molecular weight is 572 g/mol. The first kappa shape index (κ1) is 21.2. The number of aromatic nitrogens is 2. The van der Waals surface area contributed by atoms with E-state index < -0.39 is 0 Å². The van der Waals surface area contributed by atoms with Crippen molar-refractivity contribution in [2.75, 3.05) is 0 Å². The van der Waals surface area contributed by atoms with Crippen LogP contribution < -0.4 is 0 Å². The molecule has 0 atom stereocenters. The van der Waals surface area contributed by atoms with Gasteiger partial charge in [0, 0.05) is 0 Å². The Morgan fingerprint density at radius 3 is 2.12 bits per heavy atom. The van der Waals surface area contributed by atoms with Gasteiger partial charge in [-0.3, -0.25) is 0 Å². The topological polar surface area (TPSA) is 17.8 Å². The van der Waals surface area contributed by atoms with Crippen LogP contribution in [-0.2, 0) is 0 Å². The third-order valence-electron chi connectivity index (χ3n) is 8.75. The predicted octanol–water partition coefficient (Wildman–Crippen LogP) is 9.59. The first-order chi connectivity index (χ1) is 19.9. The summed E-state index contributed by atoms with van der Waals surface area (Å²) in [6.45, 7) is 0. The van der Waals surface area contributed by atoms with Crippen LogP contribution in [0, 0.1) is 0 Å². The third-order valence-corrected chi connectivity index (χ3v) is 11.2. The van der Waals surface area contributed by atoms with E-state index in [2.05, 4.69) is 120 Å². The van der Waals surface area contributed by atoms with Crippen molar-refractivity contribution in [2.24, 2.45) is 0 Å². The molecule has 0 spiro atoms. The van der Waals surface area contributed by atoms with Crippen LogP contribution in [0.4, 0.5) is 0 Å². The Morgan fingerprint density at radius 2 is 1.23 bits per heavy atom. The van der Waals surface area contributed by atoms with Crippen LogP contribution in [-0.4, -0.2) is 24.1 Å². The van der Waals surface area contributed by atoms with Gasteiger partial charge in [-0.1, -0.05) is 0 Å². The summed E-state index contributed by atoms with van der Waals surface area (Å²) in [7, 11) is 0. The summed E-state index contributed by atoms with van der Waals surface area (Å²) in [4.78, 5) is 4.99. The van der Waals surface area contributed by atoms with Crippen molar-refractivity contribution >= 4 is 98.8 Å². The number of rotatable bonds is 1. The van der Waals surface area contributed by atoms with Gasteiger partial charge < -0.3 is 0 Å². The van der Waals surface area contributed by atoms with E-state index in [-0.39, 0.29) is 14.5 Å². The van der Waals surface area contributed by atoms with E-state index in [1.54, 1.807) is 0 Å². The summed E-state index contributed by atoms with van der Waals surface area (Å²) in [5.74, 6) is 0. The molecule has 10 rings (SSSR count).